The number of methoxy groups -OCH3 is 3. The number of benzene rings is 1. The van der Waals surface area contributed by atoms with Gasteiger partial charge in [0.2, 0.25) is 11.7 Å². The van der Waals surface area contributed by atoms with Crippen molar-refractivity contribution >= 4 is 11.9 Å². The number of carbonyl (C=O) groups is 1. The van der Waals surface area contributed by atoms with Crippen molar-refractivity contribution in [2.24, 2.45) is 4.99 Å². The summed E-state index contributed by atoms with van der Waals surface area (Å²) in [4.78, 5) is 17.7. The third-order valence-corrected chi connectivity index (χ3v) is 3.39. The second-order valence-corrected chi connectivity index (χ2v) is 5.37. The van der Waals surface area contributed by atoms with E-state index in [1.54, 1.807) is 35.4 Å². The average molecular weight is 352 g/mol. The number of guanidine groups is 1. The zero-order chi connectivity index (χ0) is 18.8. The number of carbonyl (C=O) groups excluding carboxylic acids is 1. The SMILES string of the molecule is CCNC(=NCc1cc(OC)c(OC)c(OC)c1)NCC(=O)N(C)C. The minimum absolute atomic E-state index is 0.0293. The van der Waals surface area contributed by atoms with Crippen molar-refractivity contribution in [3.8, 4) is 17.2 Å². The van der Waals surface area contributed by atoms with Crippen LogP contribution in [-0.2, 0) is 11.3 Å². The highest BCUT2D eigenvalue weighted by Gasteiger charge is 2.13. The smallest absolute Gasteiger partial charge is 0.241 e. The summed E-state index contributed by atoms with van der Waals surface area (Å²) in [7, 11) is 8.13. The summed E-state index contributed by atoms with van der Waals surface area (Å²) >= 11 is 0. The van der Waals surface area contributed by atoms with Gasteiger partial charge in [-0.25, -0.2) is 4.99 Å². The Hall–Kier alpha value is -2.64. The number of aliphatic imine (C=N–C) groups is 1. The van der Waals surface area contributed by atoms with Crippen LogP contribution in [0, 0.1) is 0 Å². The zero-order valence-corrected chi connectivity index (χ0v) is 15.8. The summed E-state index contributed by atoms with van der Waals surface area (Å²) in [5.41, 5.74) is 0.894. The van der Waals surface area contributed by atoms with Gasteiger partial charge in [-0.05, 0) is 24.6 Å². The molecule has 140 valence electrons. The molecule has 0 spiro atoms. The Balaban J connectivity index is 2.93. The lowest BCUT2D eigenvalue weighted by atomic mass is 10.2. The minimum atomic E-state index is -0.0293. The van der Waals surface area contributed by atoms with Gasteiger partial charge in [0.15, 0.2) is 17.5 Å². The van der Waals surface area contributed by atoms with Crippen LogP contribution in [0.3, 0.4) is 0 Å². The molecule has 25 heavy (non-hydrogen) atoms. The van der Waals surface area contributed by atoms with Crippen LogP contribution in [0.25, 0.3) is 0 Å². The molecule has 0 aliphatic carbocycles. The van der Waals surface area contributed by atoms with Crippen LogP contribution in [0.5, 0.6) is 17.2 Å². The number of hydrogen-bond donors (Lipinski definition) is 2. The lowest BCUT2D eigenvalue weighted by Gasteiger charge is -2.15. The molecule has 0 unspecified atom stereocenters. The fourth-order valence-electron chi connectivity index (χ4n) is 2.06. The van der Waals surface area contributed by atoms with Gasteiger partial charge in [0.05, 0.1) is 34.4 Å². The predicted octanol–water partition coefficient (Wildman–Crippen LogP) is 0.856. The van der Waals surface area contributed by atoms with E-state index in [-0.39, 0.29) is 12.5 Å². The summed E-state index contributed by atoms with van der Waals surface area (Å²) in [6.45, 7) is 3.22. The van der Waals surface area contributed by atoms with Crippen molar-refractivity contribution in [1.82, 2.24) is 15.5 Å². The molecule has 0 saturated carbocycles. The molecule has 0 atom stereocenters. The summed E-state index contributed by atoms with van der Waals surface area (Å²) in [6, 6.07) is 3.69. The van der Waals surface area contributed by atoms with E-state index in [2.05, 4.69) is 15.6 Å². The number of rotatable bonds is 8. The second-order valence-electron chi connectivity index (χ2n) is 5.37. The average Bonchev–Trinajstić information content (AvgIpc) is 2.62. The van der Waals surface area contributed by atoms with Gasteiger partial charge in [0, 0.05) is 20.6 Å². The number of likely N-dealkylation sites (N-methyl/N-ethyl adjacent to an activating group) is 1. The molecule has 2 N–H and O–H groups in total. The maximum Gasteiger partial charge on any atom is 0.241 e. The molecule has 8 heteroatoms. The third kappa shape index (κ3) is 6.06. The van der Waals surface area contributed by atoms with Crippen molar-refractivity contribution in [3.63, 3.8) is 0 Å². The maximum absolute atomic E-state index is 11.7. The maximum atomic E-state index is 11.7. The van der Waals surface area contributed by atoms with Gasteiger partial charge in [-0.15, -0.1) is 0 Å². The molecule has 1 aromatic carbocycles. The van der Waals surface area contributed by atoms with Crippen LogP contribution in [0.4, 0.5) is 0 Å². The Kier molecular flexibility index (Phi) is 8.38. The number of nitrogens with one attached hydrogen (secondary N) is 2. The number of nitrogens with zero attached hydrogens (tertiary/aromatic N) is 2. The fraction of sp³-hybridized carbons (Fsp3) is 0.529. The molecular formula is C17H28N4O4. The molecule has 0 radical (unpaired) electrons. The summed E-state index contributed by atoms with van der Waals surface area (Å²) in [5.74, 6) is 2.23. The van der Waals surface area contributed by atoms with Crippen LogP contribution in [0.15, 0.2) is 17.1 Å². The second kappa shape index (κ2) is 10.3. The summed E-state index contributed by atoms with van der Waals surface area (Å²) in [5, 5.41) is 6.12. The van der Waals surface area contributed by atoms with E-state index in [0.717, 1.165) is 5.56 Å². The van der Waals surface area contributed by atoms with Crippen molar-refractivity contribution in [2.75, 3.05) is 48.5 Å². The van der Waals surface area contributed by atoms with Gasteiger partial charge in [-0.2, -0.15) is 0 Å². The van der Waals surface area contributed by atoms with Crippen molar-refractivity contribution in [2.45, 2.75) is 13.5 Å². The van der Waals surface area contributed by atoms with E-state index in [1.807, 2.05) is 19.1 Å². The molecule has 0 aliphatic heterocycles. The lowest BCUT2D eigenvalue weighted by molar-refractivity contribution is -0.127. The Morgan fingerprint density at radius 3 is 2.12 bits per heavy atom. The first-order valence-electron chi connectivity index (χ1n) is 7.98. The van der Waals surface area contributed by atoms with Crippen LogP contribution in [-0.4, -0.2) is 65.3 Å². The topological polar surface area (TPSA) is 84.4 Å². The van der Waals surface area contributed by atoms with E-state index in [1.165, 1.54) is 4.90 Å². The van der Waals surface area contributed by atoms with Gasteiger partial charge in [0.25, 0.3) is 0 Å². The van der Waals surface area contributed by atoms with Gasteiger partial charge in [-0.3, -0.25) is 4.79 Å². The molecule has 0 aromatic heterocycles. The molecular weight excluding hydrogens is 324 g/mol. The molecule has 8 nitrogen and oxygen atoms in total. The van der Waals surface area contributed by atoms with Crippen LogP contribution in [0.2, 0.25) is 0 Å². The van der Waals surface area contributed by atoms with E-state index in [0.29, 0.717) is 36.3 Å². The number of amides is 1. The Morgan fingerprint density at radius 2 is 1.68 bits per heavy atom. The molecule has 0 fully saturated rings. The summed E-state index contributed by atoms with van der Waals surface area (Å²) in [6.07, 6.45) is 0. The molecule has 0 bridgehead atoms. The highest BCUT2D eigenvalue weighted by Crippen LogP contribution is 2.38. The first-order chi connectivity index (χ1) is 12.0. The van der Waals surface area contributed by atoms with E-state index >= 15 is 0 Å². The quantitative estimate of drug-likeness (QED) is 0.533. The number of hydrogen-bond acceptors (Lipinski definition) is 5. The molecule has 1 aromatic rings. The molecule has 0 aliphatic rings. The highest BCUT2D eigenvalue weighted by atomic mass is 16.5. The standard InChI is InChI=1S/C17H28N4O4/c1-7-18-17(20-11-15(22)21(2)3)19-10-12-8-13(23-4)16(25-6)14(9-12)24-5/h8-9H,7,10-11H2,1-6H3,(H2,18,19,20). The zero-order valence-electron chi connectivity index (χ0n) is 15.8. The predicted molar refractivity (Wildman–Crippen MR) is 97.6 cm³/mol. The van der Waals surface area contributed by atoms with E-state index in [9.17, 15) is 4.79 Å². The Bertz CT molecular complexity index is 577. The van der Waals surface area contributed by atoms with Gasteiger partial charge in [-0.1, -0.05) is 0 Å². The number of ether oxygens (including phenoxy) is 3. The van der Waals surface area contributed by atoms with Gasteiger partial charge >= 0.3 is 0 Å². The summed E-state index contributed by atoms with van der Waals surface area (Å²) < 4.78 is 16.0. The molecule has 0 heterocycles. The minimum Gasteiger partial charge on any atom is -0.493 e. The van der Waals surface area contributed by atoms with Crippen molar-refractivity contribution < 1.29 is 19.0 Å². The van der Waals surface area contributed by atoms with Gasteiger partial charge in [0.1, 0.15) is 0 Å². The Labute approximate surface area is 149 Å². The fourth-order valence-corrected chi connectivity index (χ4v) is 2.06. The van der Waals surface area contributed by atoms with Crippen molar-refractivity contribution in [1.29, 1.82) is 0 Å². The Morgan fingerprint density at radius 1 is 1.08 bits per heavy atom. The third-order valence-electron chi connectivity index (χ3n) is 3.39. The first-order valence-corrected chi connectivity index (χ1v) is 7.98. The van der Waals surface area contributed by atoms with Gasteiger partial charge < -0.3 is 29.7 Å². The van der Waals surface area contributed by atoms with Crippen molar-refractivity contribution in [3.05, 3.63) is 17.7 Å². The normalized spacial score (nSPS) is 10.9. The molecule has 1 amide bonds. The molecule has 1 rings (SSSR count). The largest absolute Gasteiger partial charge is 0.493 e. The van der Waals surface area contributed by atoms with Crippen LogP contribution < -0.4 is 24.8 Å². The van der Waals surface area contributed by atoms with Crippen LogP contribution >= 0.6 is 0 Å². The monoisotopic (exact) mass is 352 g/mol. The first kappa shape index (κ1) is 20.4. The van der Waals surface area contributed by atoms with E-state index in [4.69, 9.17) is 14.2 Å². The highest BCUT2D eigenvalue weighted by molar-refractivity contribution is 5.86. The van der Waals surface area contributed by atoms with Crippen LogP contribution in [0.1, 0.15) is 12.5 Å². The molecule has 0 saturated heterocycles. The lowest BCUT2D eigenvalue weighted by Crippen LogP contribution is -2.42. The van der Waals surface area contributed by atoms with E-state index < -0.39 is 0 Å².